The highest BCUT2D eigenvalue weighted by Gasteiger charge is 2.41. The summed E-state index contributed by atoms with van der Waals surface area (Å²) in [6, 6.07) is 25.3. The third-order valence-corrected chi connectivity index (χ3v) is 7.53. The molecule has 36 heavy (non-hydrogen) atoms. The van der Waals surface area contributed by atoms with E-state index < -0.39 is 6.04 Å². The van der Waals surface area contributed by atoms with E-state index in [0.29, 0.717) is 19.4 Å². The first-order valence-electron chi connectivity index (χ1n) is 12.4. The van der Waals surface area contributed by atoms with Crippen LogP contribution in [-0.4, -0.2) is 29.9 Å². The van der Waals surface area contributed by atoms with Gasteiger partial charge in [-0.25, -0.2) is 0 Å². The number of carbonyl (C=O) groups is 2. The summed E-state index contributed by atoms with van der Waals surface area (Å²) in [5, 5.41) is 6.30. The first-order valence-corrected chi connectivity index (χ1v) is 13.2. The van der Waals surface area contributed by atoms with E-state index in [-0.39, 0.29) is 17.9 Å². The molecule has 1 unspecified atom stereocenters. The highest BCUT2D eigenvalue weighted by atomic mass is 32.1. The summed E-state index contributed by atoms with van der Waals surface area (Å²) in [7, 11) is 1.64. The molecule has 0 saturated heterocycles. The maximum absolute atomic E-state index is 13.7. The number of methoxy groups -OCH3 is 1. The minimum Gasteiger partial charge on any atom is -0.497 e. The summed E-state index contributed by atoms with van der Waals surface area (Å²) in [5.74, 6) is 0.669. The van der Waals surface area contributed by atoms with Crippen molar-refractivity contribution in [3.8, 4) is 5.75 Å². The smallest absolute Gasteiger partial charge is 0.247 e. The number of fused-ring (bicyclic) bond motifs is 1. The van der Waals surface area contributed by atoms with Crippen LogP contribution in [0, 0.1) is 0 Å². The molecule has 0 bridgehead atoms. The standard InChI is InChI=1S/C30H30N2O3S/c1-35-26-14-7-21(8-15-26)9-16-28(33)32(25-12-13-25)29(24-11-10-23-17-18-36-27(23)19-24)30(34)31-20-22-5-3-2-4-6-22/h2-8,10-11,14-15,17-19,25,29H,9,12-13,16,20H2,1H3,(H,31,34). The molecule has 0 spiro atoms. The van der Waals surface area contributed by atoms with Crippen molar-refractivity contribution in [1.82, 2.24) is 10.2 Å². The van der Waals surface area contributed by atoms with Gasteiger partial charge in [-0.2, -0.15) is 0 Å². The average molecular weight is 499 g/mol. The Morgan fingerprint density at radius 3 is 2.50 bits per heavy atom. The maximum atomic E-state index is 13.7. The minimum atomic E-state index is -0.656. The fourth-order valence-electron chi connectivity index (χ4n) is 4.55. The molecule has 1 aliphatic rings. The predicted octanol–water partition coefficient (Wildman–Crippen LogP) is 5.89. The topological polar surface area (TPSA) is 58.6 Å². The molecule has 1 fully saturated rings. The van der Waals surface area contributed by atoms with Crippen LogP contribution >= 0.6 is 11.3 Å². The van der Waals surface area contributed by atoms with Crippen molar-refractivity contribution in [3.05, 3.63) is 101 Å². The molecule has 1 heterocycles. The van der Waals surface area contributed by atoms with Crippen LogP contribution in [0.3, 0.4) is 0 Å². The molecule has 1 aromatic heterocycles. The number of nitrogens with zero attached hydrogens (tertiary/aromatic N) is 1. The molecule has 4 aromatic rings. The summed E-state index contributed by atoms with van der Waals surface area (Å²) in [6.45, 7) is 0.427. The van der Waals surface area contributed by atoms with Crippen molar-refractivity contribution in [2.75, 3.05) is 7.11 Å². The molecule has 1 aliphatic carbocycles. The lowest BCUT2D eigenvalue weighted by Gasteiger charge is -2.32. The predicted molar refractivity (Wildman–Crippen MR) is 144 cm³/mol. The Bertz CT molecular complexity index is 1330. The van der Waals surface area contributed by atoms with Crippen molar-refractivity contribution in [2.45, 2.75) is 44.3 Å². The van der Waals surface area contributed by atoms with Crippen molar-refractivity contribution in [2.24, 2.45) is 0 Å². The zero-order chi connectivity index (χ0) is 24.9. The molecule has 6 heteroatoms. The summed E-state index contributed by atoms with van der Waals surface area (Å²) in [4.78, 5) is 29.2. The number of amides is 2. The molecule has 5 rings (SSSR count). The second-order valence-electron chi connectivity index (χ2n) is 9.20. The largest absolute Gasteiger partial charge is 0.497 e. The molecule has 0 aliphatic heterocycles. The zero-order valence-electron chi connectivity index (χ0n) is 20.4. The van der Waals surface area contributed by atoms with Crippen molar-refractivity contribution >= 4 is 33.2 Å². The van der Waals surface area contributed by atoms with E-state index in [1.165, 1.54) is 0 Å². The van der Waals surface area contributed by atoms with Crippen molar-refractivity contribution < 1.29 is 14.3 Å². The Kier molecular flexibility index (Phi) is 7.33. The Balaban J connectivity index is 1.39. The van der Waals surface area contributed by atoms with Crippen LogP contribution in [0.2, 0.25) is 0 Å². The minimum absolute atomic E-state index is 0.0134. The van der Waals surface area contributed by atoms with Gasteiger partial charge in [-0.15, -0.1) is 11.3 Å². The molecule has 3 aromatic carbocycles. The van der Waals surface area contributed by atoms with Gasteiger partial charge in [0.1, 0.15) is 11.8 Å². The van der Waals surface area contributed by atoms with E-state index in [2.05, 4.69) is 22.8 Å². The van der Waals surface area contributed by atoms with Crippen LogP contribution in [0.4, 0.5) is 0 Å². The molecule has 5 nitrogen and oxygen atoms in total. The second kappa shape index (κ2) is 11.0. The first-order chi connectivity index (χ1) is 17.6. The van der Waals surface area contributed by atoms with Gasteiger partial charge in [0.25, 0.3) is 0 Å². The van der Waals surface area contributed by atoms with E-state index >= 15 is 0 Å². The van der Waals surface area contributed by atoms with Crippen molar-refractivity contribution in [3.63, 3.8) is 0 Å². The van der Waals surface area contributed by atoms with E-state index in [9.17, 15) is 9.59 Å². The van der Waals surface area contributed by atoms with Crippen LogP contribution in [0.15, 0.2) is 84.2 Å². The van der Waals surface area contributed by atoms with Gasteiger partial charge in [0.15, 0.2) is 0 Å². The van der Waals surface area contributed by atoms with Gasteiger partial charge >= 0.3 is 0 Å². The summed E-state index contributed by atoms with van der Waals surface area (Å²) in [5.41, 5.74) is 2.97. The maximum Gasteiger partial charge on any atom is 0.247 e. The van der Waals surface area contributed by atoms with Gasteiger partial charge in [-0.1, -0.05) is 54.6 Å². The SMILES string of the molecule is COc1ccc(CCC(=O)N(C2CC2)C(C(=O)NCc2ccccc2)c2ccc3ccsc3c2)cc1. The number of thiophene rings is 1. The number of carbonyl (C=O) groups excluding carboxylic acids is 2. The lowest BCUT2D eigenvalue weighted by atomic mass is 10.0. The lowest BCUT2D eigenvalue weighted by Crippen LogP contribution is -2.45. The summed E-state index contributed by atoms with van der Waals surface area (Å²) < 4.78 is 6.36. The highest BCUT2D eigenvalue weighted by Crippen LogP contribution is 2.37. The van der Waals surface area contributed by atoms with E-state index in [4.69, 9.17) is 4.74 Å². The van der Waals surface area contributed by atoms with Crippen LogP contribution < -0.4 is 10.1 Å². The molecular weight excluding hydrogens is 468 g/mol. The Morgan fingerprint density at radius 2 is 1.78 bits per heavy atom. The third kappa shape index (κ3) is 5.60. The molecule has 2 amide bonds. The van der Waals surface area contributed by atoms with E-state index in [0.717, 1.165) is 45.4 Å². The molecule has 0 radical (unpaired) electrons. The third-order valence-electron chi connectivity index (χ3n) is 6.65. The van der Waals surface area contributed by atoms with Crippen LogP contribution in [0.1, 0.15) is 42.0 Å². The summed E-state index contributed by atoms with van der Waals surface area (Å²) in [6.07, 6.45) is 2.83. The zero-order valence-corrected chi connectivity index (χ0v) is 21.2. The van der Waals surface area contributed by atoms with Crippen LogP contribution in [0.5, 0.6) is 5.75 Å². The molecule has 1 saturated carbocycles. The van der Waals surface area contributed by atoms with Gasteiger partial charge < -0.3 is 15.0 Å². The molecule has 1 atom stereocenters. The van der Waals surface area contributed by atoms with Gasteiger partial charge in [0.2, 0.25) is 11.8 Å². The van der Waals surface area contributed by atoms with E-state index in [1.54, 1.807) is 18.4 Å². The van der Waals surface area contributed by atoms with Gasteiger partial charge in [0, 0.05) is 23.7 Å². The summed E-state index contributed by atoms with van der Waals surface area (Å²) >= 11 is 1.65. The fourth-order valence-corrected chi connectivity index (χ4v) is 5.38. The monoisotopic (exact) mass is 498 g/mol. The first kappa shape index (κ1) is 24.1. The van der Waals surface area contributed by atoms with Crippen LogP contribution in [0.25, 0.3) is 10.1 Å². The Hall–Kier alpha value is -3.64. The fraction of sp³-hybridized carbons (Fsp3) is 0.267. The number of hydrogen-bond acceptors (Lipinski definition) is 4. The average Bonchev–Trinajstić information content (AvgIpc) is 3.65. The highest BCUT2D eigenvalue weighted by molar-refractivity contribution is 7.17. The number of benzene rings is 3. The number of hydrogen-bond donors (Lipinski definition) is 1. The lowest BCUT2D eigenvalue weighted by molar-refractivity contribution is -0.141. The number of ether oxygens (including phenoxy) is 1. The Morgan fingerprint density at radius 1 is 1.00 bits per heavy atom. The second-order valence-corrected chi connectivity index (χ2v) is 10.2. The Labute approximate surface area is 215 Å². The molecular formula is C30H30N2O3S. The molecule has 184 valence electrons. The van der Waals surface area contributed by atoms with Gasteiger partial charge in [0.05, 0.1) is 7.11 Å². The number of rotatable bonds is 10. The quantitative estimate of drug-likeness (QED) is 0.297. The van der Waals surface area contributed by atoms with Crippen LogP contribution in [-0.2, 0) is 22.6 Å². The van der Waals surface area contributed by atoms with E-state index in [1.807, 2.05) is 71.6 Å². The molecule has 1 N–H and O–H groups in total. The van der Waals surface area contributed by atoms with Crippen molar-refractivity contribution in [1.29, 1.82) is 0 Å². The number of aryl methyl sites for hydroxylation is 1. The van der Waals surface area contributed by atoms with Gasteiger partial charge in [-0.05, 0) is 71.0 Å². The van der Waals surface area contributed by atoms with Gasteiger partial charge in [-0.3, -0.25) is 9.59 Å². The number of nitrogens with one attached hydrogen (secondary N) is 1. The normalized spacial score (nSPS) is 13.8.